The van der Waals surface area contributed by atoms with Crippen LogP contribution in [0.4, 0.5) is 0 Å². The number of aromatic nitrogens is 1. The summed E-state index contributed by atoms with van der Waals surface area (Å²) < 4.78 is 0. The molecule has 2 aliphatic carbocycles. The molecule has 1 fully saturated rings. The summed E-state index contributed by atoms with van der Waals surface area (Å²) in [5.41, 5.74) is 6.46. The Morgan fingerprint density at radius 1 is 0.893 bits per heavy atom. The molecule has 1 saturated carbocycles. The van der Waals surface area contributed by atoms with Gasteiger partial charge in [0.15, 0.2) is 0 Å². The van der Waals surface area contributed by atoms with Crippen molar-refractivity contribution in [2.45, 2.75) is 56.4 Å². The minimum Gasteiger partial charge on any atom is -0.358 e. The van der Waals surface area contributed by atoms with Gasteiger partial charge in [-0.1, -0.05) is 55.5 Å². The van der Waals surface area contributed by atoms with Gasteiger partial charge < -0.3 is 4.98 Å². The Labute approximate surface area is 169 Å². The zero-order valence-electron chi connectivity index (χ0n) is 17.5. The largest absolute Gasteiger partial charge is 0.358 e. The molecule has 0 saturated heterocycles. The summed E-state index contributed by atoms with van der Waals surface area (Å²) in [5.74, 6) is 0.760. The zero-order valence-corrected chi connectivity index (χ0v) is 17.5. The second-order valence-corrected chi connectivity index (χ2v) is 9.61. The number of hydrogen-bond acceptors (Lipinski definition) is 1. The molecule has 1 spiro atoms. The van der Waals surface area contributed by atoms with Crippen LogP contribution >= 0.6 is 0 Å². The molecule has 1 heterocycles. The average molecular weight is 373 g/mol. The molecule has 2 aromatic carbocycles. The summed E-state index contributed by atoms with van der Waals surface area (Å²) in [6.45, 7) is 2.46. The third-order valence-electron chi connectivity index (χ3n) is 7.84. The van der Waals surface area contributed by atoms with Gasteiger partial charge in [-0.25, -0.2) is 0 Å². The third-order valence-corrected chi connectivity index (χ3v) is 7.84. The van der Waals surface area contributed by atoms with E-state index < -0.39 is 0 Å². The molecule has 0 amide bonds. The van der Waals surface area contributed by atoms with Gasteiger partial charge in [-0.05, 0) is 75.7 Å². The van der Waals surface area contributed by atoms with E-state index in [-0.39, 0.29) is 5.54 Å². The zero-order chi connectivity index (χ0) is 19.4. The molecule has 1 N–H and O–H groups in total. The van der Waals surface area contributed by atoms with Crippen LogP contribution in [0.2, 0.25) is 0 Å². The molecule has 3 aromatic rings. The second kappa shape index (κ2) is 6.49. The minimum atomic E-state index is 0.166. The lowest BCUT2D eigenvalue weighted by atomic mass is 9.58. The number of para-hydroxylation sites is 1. The first kappa shape index (κ1) is 18.0. The van der Waals surface area contributed by atoms with E-state index in [1.165, 1.54) is 55.0 Å². The third kappa shape index (κ3) is 2.58. The number of rotatable bonds is 2. The first-order chi connectivity index (χ1) is 13.5. The average Bonchev–Trinajstić information content (AvgIpc) is 3.09. The number of benzene rings is 2. The Balaban J connectivity index is 1.56. The van der Waals surface area contributed by atoms with E-state index in [4.69, 9.17) is 0 Å². The van der Waals surface area contributed by atoms with Gasteiger partial charge >= 0.3 is 0 Å². The summed E-state index contributed by atoms with van der Waals surface area (Å²) in [6, 6.07) is 20.1. The van der Waals surface area contributed by atoms with Crippen molar-refractivity contribution in [3.05, 3.63) is 71.4 Å². The van der Waals surface area contributed by atoms with E-state index in [0.29, 0.717) is 5.41 Å². The highest BCUT2D eigenvalue weighted by molar-refractivity contribution is 5.85. The van der Waals surface area contributed by atoms with Crippen molar-refractivity contribution in [2.24, 2.45) is 5.92 Å². The molecule has 28 heavy (non-hydrogen) atoms. The monoisotopic (exact) mass is 372 g/mol. The molecule has 2 aliphatic rings. The fraction of sp³-hybridized carbons (Fsp3) is 0.462. The Bertz CT molecular complexity index is 974. The van der Waals surface area contributed by atoms with Crippen LogP contribution < -0.4 is 0 Å². The molecular formula is C26H32N2. The summed E-state index contributed by atoms with van der Waals surface area (Å²) in [5, 5.41) is 1.45. The number of H-pyrrole nitrogens is 1. The van der Waals surface area contributed by atoms with E-state index >= 15 is 0 Å². The quantitative estimate of drug-likeness (QED) is 0.583. The van der Waals surface area contributed by atoms with Gasteiger partial charge in [0.25, 0.3) is 0 Å². The molecule has 2 nitrogen and oxygen atoms in total. The van der Waals surface area contributed by atoms with E-state index in [1.54, 1.807) is 11.3 Å². The molecule has 1 unspecified atom stereocenters. The lowest BCUT2D eigenvalue weighted by Gasteiger charge is -2.52. The summed E-state index contributed by atoms with van der Waals surface area (Å²) in [4.78, 5) is 6.36. The number of nitrogens with zero attached hydrogens (tertiary/aromatic N) is 1. The van der Waals surface area contributed by atoms with Crippen molar-refractivity contribution < 1.29 is 0 Å². The van der Waals surface area contributed by atoms with Gasteiger partial charge in [0.1, 0.15) is 0 Å². The van der Waals surface area contributed by atoms with Gasteiger partial charge in [0.2, 0.25) is 0 Å². The van der Waals surface area contributed by atoms with E-state index in [9.17, 15) is 0 Å². The first-order valence-corrected chi connectivity index (χ1v) is 10.9. The molecular weight excluding hydrogens is 340 g/mol. The van der Waals surface area contributed by atoms with Crippen LogP contribution in [0.1, 0.15) is 55.8 Å². The standard InChI is InChI=1S/C26H32N2/c1-19-17-22-21-11-7-8-12-23(21)27-24(22)25(18-19)13-15-26(16-14-25,28(2)3)20-9-5-4-6-10-20/h4-12,19,27H,13-18H2,1-3H3. The van der Waals surface area contributed by atoms with Crippen LogP contribution in [0.25, 0.3) is 10.9 Å². The summed E-state index contributed by atoms with van der Waals surface area (Å²) in [6.07, 6.45) is 7.54. The normalized spacial score (nSPS) is 30.1. The summed E-state index contributed by atoms with van der Waals surface area (Å²) in [7, 11) is 4.53. The van der Waals surface area contributed by atoms with Crippen LogP contribution in [0.3, 0.4) is 0 Å². The predicted molar refractivity (Wildman–Crippen MR) is 118 cm³/mol. The van der Waals surface area contributed by atoms with E-state index in [1.807, 2.05) is 0 Å². The van der Waals surface area contributed by atoms with Crippen molar-refractivity contribution in [3.8, 4) is 0 Å². The topological polar surface area (TPSA) is 19.0 Å². The van der Waals surface area contributed by atoms with Crippen molar-refractivity contribution in [2.75, 3.05) is 14.1 Å². The maximum atomic E-state index is 3.88. The molecule has 1 aromatic heterocycles. The van der Waals surface area contributed by atoms with Crippen LogP contribution in [-0.4, -0.2) is 24.0 Å². The lowest BCUT2D eigenvalue weighted by molar-refractivity contribution is 0.0526. The maximum Gasteiger partial charge on any atom is 0.0459 e. The van der Waals surface area contributed by atoms with Crippen molar-refractivity contribution in [1.82, 2.24) is 9.88 Å². The number of aromatic amines is 1. The van der Waals surface area contributed by atoms with Crippen molar-refractivity contribution in [1.29, 1.82) is 0 Å². The number of fused-ring (bicyclic) bond motifs is 4. The molecule has 146 valence electrons. The first-order valence-electron chi connectivity index (χ1n) is 10.9. The lowest BCUT2D eigenvalue weighted by Crippen LogP contribution is -2.49. The number of hydrogen-bond donors (Lipinski definition) is 1. The van der Waals surface area contributed by atoms with Crippen LogP contribution in [0.15, 0.2) is 54.6 Å². The smallest absolute Gasteiger partial charge is 0.0459 e. The van der Waals surface area contributed by atoms with E-state index in [2.05, 4.69) is 85.5 Å². The molecule has 0 radical (unpaired) electrons. The maximum absolute atomic E-state index is 3.88. The predicted octanol–water partition coefficient (Wildman–Crippen LogP) is 6.02. The summed E-state index contributed by atoms with van der Waals surface area (Å²) >= 11 is 0. The Morgan fingerprint density at radius 3 is 2.29 bits per heavy atom. The highest BCUT2D eigenvalue weighted by Crippen LogP contribution is 2.55. The number of nitrogens with one attached hydrogen (secondary N) is 1. The minimum absolute atomic E-state index is 0.166. The fourth-order valence-corrected chi connectivity index (χ4v) is 6.39. The van der Waals surface area contributed by atoms with Crippen LogP contribution in [-0.2, 0) is 17.4 Å². The highest BCUT2D eigenvalue weighted by Gasteiger charge is 2.49. The second-order valence-electron chi connectivity index (χ2n) is 9.61. The Morgan fingerprint density at radius 2 is 1.57 bits per heavy atom. The molecule has 2 heteroatoms. The molecule has 1 atom stereocenters. The fourth-order valence-electron chi connectivity index (χ4n) is 6.39. The van der Waals surface area contributed by atoms with Gasteiger partial charge in [0, 0.05) is 27.6 Å². The SMILES string of the molecule is CC1Cc2c([nH]c3ccccc23)C2(CCC(c3ccccc3)(N(C)C)CC2)C1. The van der Waals surface area contributed by atoms with Crippen molar-refractivity contribution >= 4 is 10.9 Å². The van der Waals surface area contributed by atoms with Crippen molar-refractivity contribution in [3.63, 3.8) is 0 Å². The molecule has 0 bridgehead atoms. The van der Waals surface area contributed by atoms with Crippen LogP contribution in [0.5, 0.6) is 0 Å². The molecule has 5 rings (SSSR count). The van der Waals surface area contributed by atoms with Gasteiger partial charge in [-0.3, -0.25) is 4.90 Å². The Kier molecular flexibility index (Phi) is 4.17. The molecule has 0 aliphatic heterocycles. The van der Waals surface area contributed by atoms with Crippen LogP contribution in [0, 0.1) is 5.92 Å². The Hall–Kier alpha value is -2.06. The van der Waals surface area contributed by atoms with Gasteiger partial charge in [-0.15, -0.1) is 0 Å². The van der Waals surface area contributed by atoms with E-state index in [0.717, 1.165) is 5.92 Å². The van der Waals surface area contributed by atoms with Gasteiger partial charge in [0.05, 0.1) is 0 Å². The van der Waals surface area contributed by atoms with Gasteiger partial charge in [-0.2, -0.15) is 0 Å². The highest BCUT2D eigenvalue weighted by atomic mass is 15.1.